The van der Waals surface area contributed by atoms with Crippen LogP contribution in [0.5, 0.6) is 0 Å². The van der Waals surface area contributed by atoms with Crippen LogP contribution in [0.25, 0.3) is 11.4 Å². The van der Waals surface area contributed by atoms with E-state index in [1.54, 1.807) is 18.5 Å². The van der Waals surface area contributed by atoms with Crippen molar-refractivity contribution >= 4 is 23.4 Å². The fourth-order valence-corrected chi connectivity index (χ4v) is 4.03. The van der Waals surface area contributed by atoms with Gasteiger partial charge >= 0.3 is 0 Å². The summed E-state index contributed by atoms with van der Waals surface area (Å²) in [4.78, 5) is 18.7. The Labute approximate surface area is 161 Å². The van der Waals surface area contributed by atoms with Crippen LogP contribution in [-0.4, -0.2) is 38.0 Å². The molecule has 1 aliphatic heterocycles. The fourth-order valence-electron chi connectivity index (χ4n) is 3.21. The number of hydrogen-bond donors (Lipinski definition) is 0. The van der Waals surface area contributed by atoms with E-state index < -0.39 is 0 Å². The van der Waals surface area contributed by atoms with E-state index in [4.69, 9.17) is 0 Å². The van der Waals surface area contributed by atoms with Crippen molar-refractivity contribution in [2.45, 2.75) is 18.1 Å². The van der Waals surface area contributed by atoms with Gasteiger partial charge in [0.05, 0.1) is 5.75 Å². The van der Waals surface area contributed by atoms with E-state index in [0.717, 1.165) is 30.0 Å². The van der Waals surface area contributed by atoms with Gasteiger partial charge in [-0.25, -0.2) is 0 Å². The van der Waals surface area contributed by atoms with Gasteiger partial charge in [-0.1, -0.05) is 36.0 Å². The zero-order valence-electron chi connectivity index (χ0n) is 14.8. The quantitative estimate of drug-likeness (QED) is 0.488. The number of para-hydroxylation sites is 1. The summed E-state index contributed by atoms with van der Waals surface area (Å²) in [7, 11) is 0. The van der Waals surface area contributed by atoms with Gasteiger partial charge in [0.1, 0.15) is 0 Å². The molecule has 1 aliphatic rings. The van der Waals surface area contributed by atoms with Gasteiger partial charge < -0.3 is 4.90 Å². The van der Waals surface area contributed by atoms with Gasteiger partial charge in [0, 0.05) is 36.7 Å². The van der Waals surface area contributed by atoms with Crippen molar-refractivity contribution in [3.05, 3.63) is 67.0 Å². The lowest BCUT2D eigenvalue weighted by Crippen LogP contribution is -2.30. The summed E-state index contributed by atoms with van der Waals surface area (Å²) in [5, 5.41) is 9.31. The highest BCUT2D eigenvalue weighted by Gasteiger charge is 2.24. The molecule has 0 spiro atoms. The van der Waals surface area contributed by atoms with E-state index in [9.17, 15) is 4.79 Å². The van der Waals surface area contributed by atoms with Crippen molar-refractivity contribution in [2.75, 3.05) is 17.2 Å². The molecule has 3 heterocycles. The molecular weight excluding hydrogens is 358 g/mol. The second kappa shape index (κ2) is 7.75. The Morgan fingerprint density at radius 2 is 2.00 bits per heavy atom. The predicted octanol–water partition coefficient (Wildman–Crippen LogP) is 3.21. The molecule has 136 valence electrons. The highest BCUT2D eigenvalue weighted by Crippen LogP contribution is 2.29. The molecule has 0 radical (unpaired) electrons. The van der Waals surface area contributed by atoms with Gasteiger partial charge in [-0.3, -0.25) is 14.3 Å². The number of rotatable bonds is 6. The highest BCUT2D eigenvalue weighted by molar-refractivity contribution is 7.99. The number of fused-ring (bicyclic) bond motifs is 1. The molecule has 0 fully saturated rings. The van der Waals surface area contributed by atoms with Crippen LogP contribution < -0.4 is 4.90 Å². The maximum absolute atomic E-state index is 12.7. The van der Waals surface area contributed by atoms with Crippen molar-refractivity contribution in [3.8, 4) is 11.4 Å². The summed E-state index contributed by atoms with van der Waals surface area (Å²) < 4.78 is 1.97. The average Bonchev–Trinajstić information content (AvgIpc) is 3.31. The molecule has 1 amide bonds. The number of pyridine rings is 1. The molecular formula is C20H19N5OS. The Balaban J connectivity index is 1.51. The van der Waals surface area contributed by atoms with E-state index in [1.165, 1.54) is 17.3 Å². The van der Waals surface area contributed by atoms with Gasteiger partial charge in [0.2, 0.25) is 5.91 Å². The largest absolute Gasteiger partial charge is 0.311 e. The maximum atomic E-state index is 12.7. The minimum absolute atomic E-state index is 0.0866. The first-order valence-corrected chi connectivity index (χ1v) is 9.72. The molecule has 2 aromatic heterocycles. The van der Waals surface area contributed by atoms with Crippen molar-refractivity contribution in [2.24, 2.45) is 0 Å². The minimum atomic E-state index is 0.0866. The topological polar surface area (TPSA) is 63.9 Å². The fraction of sp³-hybridized carbons (Fsp3) is 0.200. The third-order valence-corrected chi connectivity index (χ3v) is 5.43. The number of carbonyl (C=O) groups is 1. The lowest BCUT2D eigenvalue weighted by Gasteiger charge is -2.17. The number of thioether (sulfide) groups is 1. The molecule has 0 aliphatic carbocycles. The zero-order valence-corrected chi connectivity index (χ0v) is 15.6. The molecule has 1 aromatic carbocycles. The molecule has 7 heteroatoms. The number of anilines is 1. The third-order valence-electron chi connectivity index (χ3n) is 4.48. The molecule has 3 aromatic rings. The lowest BCUT2D eigenvalue weighted by molar-refractivity contribution is -0.116. The highest BCUT2D eigenvalue weighted by atomic mass is 32.2. The monoisotopic (exact) mass is 377 g/mol. The number of benzene rings is 1. The van der Waals surface area contributed by atoms with Crippen LogP contribution in [0.1, 0.15) is 5.56 Å². The van der Waals surface area contributed by atoms with Crippen LogP contribution in [-0.2, 0) is 17.8 Å². The molecule has 0 unspecified atom stereocenters. The van der Waals surface area contributed by atoms with Gasteiger partial charge in [0.25, 0.3) is 0 Å². The first kappa shape index (κ1) is 17.5. The Kier molecular flexibility index (Phi) is 5.02. The summed E-state index contributed by atoms with van der Waals surface area (Å²) in [6.45, 7) is 5.14. The van der Waals surface area contributed by atoms with Crippen LogP contribution in [0.4, 0.5) is 5.69 Å². The number of amides is 1. The van der Waals surface area contributed by atoms with E-state index in [1.807, 2.05) is 39.8 Å². The molecule has 0 atom stereocenters. The van der Waals surface area contributed by atoms with Crippen molar-refractivity contribution in [1.82, 2.24) is 19.7 Å². The van der Waals surface area contributed by atoms with Crippen LogP contribution in [0.15, 0.2) is 66.6 Å². The van der Waals surface area contributed by atoms with Crippen LogP contribution in [0.3, 0.4) is 0 Å². The lowest BCUT2D eigenvalue weighted by atomic mass is 10.2. The third kappa shape index (κ3) is 3.50. The molecule has 0 bridgehead atoms. The summed E-state index contributed by atoms with van der Waals surface area (Å²) >= 11 is 1.41. The van der Waals surface area contributed by atoms with Crippen LogP contribution >= 0.6 is 11.8 Å². The maximum Gasteiger partial charge on any atom is 0.237 e. The second-order valence-electron chi connectivity index (χ2n) is 6.15. The van der Waals surface area contributed by atoms with Crippen molar-refractivity contribution in [1.29, 1.82) is 0 Å². The Morgan fingerprint density at radius 3 is 2.81 bits per heavy atom. The predicted molar refractivity (Wildman–Crippen MR) is 107 cm³/mol. The molecule has 27 heavy (non-hydrogen) atoms. The summed E-state index contributed by atoms with van der Waals surface area (Å²) in [6, 6.07) is 11.9. The van der Waals surface area contributed by atoms with E-state index >= 15 is 0 Å². The zero-order chi connectivity index (χ0) is 18.6. The van der Waals surface area contributed by atoms with Gasteiger partial charge in [-0.2, -0.15) is 0 Å². The normalized spacial score (nSPS) is 12.8. The smallest absolute Gasteiger partial charge is 0.237 e. The number of allylic oxidation sites excluding steroid dienone is 1. The van der Waals surface area contributed by atoms with Gasteiger partial charge in [0.15, 0.2) is 11.0 Å². The Hall–Kier alpha value is -2.93. The van der Waals surface area contributed by atoms with E-state index in [0.29, 0.717) is 17.5 Å². The summed E-state index contributed by atoms with van der Waals surface area (Å²) in [5.41, 5.74) is 3.18. The number of carbonyl (C=O) groups excluding carboxylic acids is 1. The van der Waals surface area contributed by atoms with Crippen molar-refractivity contribution in [3.63, 3.8) is 0 Å². The minimum Gasteiger partial charge on any atom is -0.311 e. The van der Waals surface area contributed by atoms with E-state index in [2.05, 4.69) is 27.8 Å². The first-order chi connectivity index (χ1) is 13.3. The van der Waals surface area contributed by atoms with Crippen LogP contribution in [0, 0.1) is 0 Å². The molecule has 4 rings (SSSR count). The standard InChI is InChI=1S/C20H19N5OS/c1-2-12-25-19(16-7-10-21-11-8-16)22-23-20(25)27-14-18(26)24-13-9-15-5-3-4-6-17(15)24/h2-8,10-11H,1,9,12-14H2. The second-order valence-corrected chi connectivity index (χ2v) is 7.10. The number of aromatic nitrogens is 4. The van der Waals surface area contributed by atoms with Gasteiger partial charge in [-0.15, -0.1) is 16.8 Å². The van der Waals surface area contributed by atoms with Crippen molar-refractivity contribution < 1.29 is 4.79 Å². The molecule has 0 N–H and O–H groups in total. The molecule has 0 saturated carbocycles. The average molecular weight is 377 g/mol. The molecule has 0 saturated heterocycles. The summed E-state index contributed by atoms with van der Waals surface area (Å²) in [5.74, 6) is 1.15. The number of nitrogens with zero attached hydrogens (tertiary/aromatic N) is 5. The molecule has 6 nitrogen and oxygen atoms in total. The number of hydrogen-bond acceptors (Lipinski definition) is 5. The Morgan fingerprint density at radius 1 is 1.19 bits per heavy atom. The first-order valence-electron chi connectivity index (χ1n) is 8.73. The van der Waals surface area contributed by atoms with E-state index in [-0.39, 0.29) is 5.91 Å². The van der Waals surface area contributed by atoms with Crippen LogP contribution in [0.2, 0.25) is 0 Å². The van der Waals surface area contributed by atoms with Gasteiger partial charge in [-0.05, 0) is 30.2 Å². The Bertz CT molecular complexity index is 970. The SMILES string of the molecule is C=CCn1c(SCC(=O)N2CCc3ccccc32)nnc1-c1ccncc1. The summed E-state index contributed by atoms with van der Waals surface area (Å²) in [6.07, 6.45) is 6.16.